The molecule has 30 heteroatoms. The van der Waals surface area contributed by atoms with Gasteiger partial charge in [-0.1, -0.05) is 111 Å². The van der Waals surface area contributed by atoms with Gasteiger partial charge in [0.1, 0.15) is 35.8 Å². The maximum atomic E-state index is 14.9. The predicted molar refractivity (Wildman–Crippen MR) is 381 cm³/mol. The van der Waals surface area contributed by atoms with Crippen LogP contribution in [0, 0.1) is 29.6 Å². The van der Waals surface area contributed by atoms with Gasteiger partial charge in [0.25, 0.3) is 0 Å². The number of anilines is 1. The topological polar surface area (TPSA) is 374 Å². The van der Waals surface area contributed by atoms with Crippen molar-refractivity contribution in [3.63, 3.8) is 0 Å². The van der Waals surface area contributed by atoms with E-state index in [9.17, 15) is 43.2 Å². The first-order valence-corrected chi connectivity index (χ1v) is 35.9. The molecule has 1 aliphatic rings. The van der Waals surface area contributed by atoms with Crippen LogP contribution >= 0.6 is 11.3 Å². The molecular formula is C71H114N12O17S. The van der Waals surface area contributed by atoms with Crippen molar-refractivity contribution in [3.05, 3.63) is 82.3 Å². The zero-order valence-corrected chi connectivity index (χ0v) is 62.2. The highest BCUT2D eigenvalue weighted by Crippen LogP contribution is 2.31. The Bertz CT molecular complexity index is 2970. The van der Waals surface area contributed by atoms with Gasteiger partial charge in [0.2, 0.25) is 41.4 Å². The maximum absolute atomic E-state index is 14.9. The van der Waals surface area contributed by atoms with Crippen LogP contribution in [0.4, 0.5) is 15.3 Å². The fourth-order valence-corrected chi connectivity index (χ4v) is 12.8. The maximum Gasteiger partial charge on any atom is 0.410 e. The Morgan fingerprint density at radius 3 is 1.87 bits per heavy atom. The van der Waals surface area contributed by atoms with Crippen LogP contribution in [0.15, 0.2) is 66.2 Å². The van der Waals surface area contributed by atoms with Crippen LogP contribution in [-0.2, 0) is 84.6 Å². The van der Waals surface area contributed by atoms with E-state index in [0.29, 0.717) is 83.1 Å². The molecule has 0 spiro atoms. The number of methoxy groups -OCH3 is 2. The molecule has 11 atom stereocenters. The average Bonchev–Trinajstić information content (AvgIpc) is 1.40. The van der Waals surface area contributed by atoms with E-state index in [2.05, 4.69) is 41.7 Å². The molecule has 1 fully saturated rings. The van der Waals surface area contributed by atoms with E-state index in [0.717, 1.165) is 10.6 Å². The molecule has 1 aliphatic heterocycles. The number of likely N-dealkylation sites (N-methyl/N-ethyl adjacent to an activating group) is 2. The smallest absolute Gasteiger partial charge is 0.410 e. The van der Waals surface area contributed by atoms with Crippen molar-refractivity contribution in [3.8, 4) is 0 Å². The summed E-state index contributed by atoms with van der Waals surface area (Å²) in [5.41, 5.74) is 7.19. The summed E-state index contributed by atoms with van der Waals surface area (Å²) in [5.74, 6) is -0.136. The number of carbonyl (C=O) groups excluding carboxylic acids is 9. The van der Waals surface area contributed by atoms with Gasteiger partial charge < -0.3 is 85.4 Å². The molecule has 0 radical (unpaired) electrons. The lowest BCUT2D eigenvalue weighted by Crippen LogP contribution is -2.60. The first-order valence-electron chi connectivity index (χ1n) is 35.0. The Balaban J connectivity index is 1.35. The summed E-state index contributed by atoms with van der Waals surface area (Å²) in [7, 11) is 6.17. The normalized spacial score (nSPS) is 16.0. The summed E-state index contributed by atoms with van der Waals surface area (Å²) < 4.78 is 39.6. The minimum atomic E-state index is -1.11. The van der Waals surface area contributed by atoms with Crippen LogP contribution in [0.3, 0.4) is 0 Å². The summed E-state index contributed by atoms with van der Waals surface area (Å²) in [6.45, 7) is 19.6. The van der Waals surface area contributed by atoms with Gasteiger partial charge in [0.15, 0.2) is 0 Å². The van der Waals surface area contributed by atoms with Gasteiger partial charge in [-0.3, -0.25) is 38.5 Å². The molecule has 0 aliphatic carbocycles. The monoisotopic (exact) mass is 1440 g/mol. The number of carbonyl (C=O) groups is 9. The molecule has 29 nitrogen and oxygen atoms in total. The molecular weight excluding hydrogens is 1320 g/mol. The van der Waals surface area contributed by atoms with Crippen LogP contribution in [0.5, 0.6) is 0 Å². The van der Waals surface area contributed by atoms with E-state index >= 15 is 0 Å². The highest BCUT2D eigenvalue weighted by Gasteiger charge is 2.44. The summed E-state index contributed by atoms with van der Waals surface area (Å²) in [5, 5.41) is 19.6. The number of thiazole rings is 1. The second-order valence-corrected chi connectivity index (χ2v) is 27.3. The van der Waals surface area contributed by atoms with Gasteiger partial charge in [-0.2, -0.15) is 0 Å². The van der Waals surface area contributed by atoms with Crippen LogP contribution in [0.2, 0.25) is 0 Å². The second kappa shape index (κ2) is 46.2. The van der Waals surface area contributed by atoms with E-state index < -0.39 is 108 Å². The third-order valence-electron chi connectivity index (χ3n) is 17.8. The first kappa shape index (κ1) is 86.0. The largest absolute Gasteiger partial charge is 0.445 e. The summed E-state index contributed by atoms with van der Waals surface area (Å²) in [4.78, 5) is 137. The molecule has 1 saturated heterocycles. The highest BCUT2D eigenvalue weighted by atomic mass is 32.1. The van der Waals surface area contributed by atoms with Crippen molar-refractivity contribution in [2.75, 3.05) is 106 Å². The van der Waals surface area contributed by atoms with Gasteiger partial charge in [-0.25, -0.2) is 20.5 Å². The number of ether oxygens (including phenoxy) is 7. The van der Waals surface area contributed by atoms with Gasteiger partial charge in [0.05, 0.1) is 102 Å². The molecule has 3 aromatic rings. The number of aromatic nitrogens is 1. The fraction of sp³-hybridized carbons (Fsp3) is 0.662. The Kier molecular flexibility index (Phi) is 39.4. The van der Waals surface area contributed by atoms with E-state index in [1.807, 2.05) is 70.3 Å². The number of benzene rings is 2. The first-order chi connectivity index (χ1) is 48.3. The van der Waals surface area contributed by atoms with E-state index in [-0.39, 0.29) is 88.3 Å². The molecule has 10 amide bonds. The van der Waals surface area contributed by atoms with Crippen LogP contribution in [0.25, 0.3) is 0 Å². The number of urea groups is 1. The number of amides is 10. The van der Waals surface area contributed by atoms with Crippen molar-refractivity contribution < 1.29 is 81.1 Å². The lowest BCUT2D eigenvalue weighted by Gasteiger charge is -2.41. The highest BCUT2D eigenvalue weighted by molar-refractivity contribution is 7.09. The third-order valence-corrected chi connectivity index (χ3v) is 18.7. The third kappa shape index (κ3) is 29.1. The molecule has 2 heterocycles. The standard InChI is InChI=1S/C71H114N12O17S/c1-14-48(8)62(56(93-12)43-58(85)83-31-19-23-55(83)63(94-13)49(9)64(86)78-54(68-74-30-41-101-68)42-50-20-16-15-17-21-50)81(10)69(90)60(46(4)5)80-67(89)61(47(6)7)82(11)71(92)99-44-51-24-26-52(27-25-51)76-65(87)53(22-18-29-75-70(72)91)77-66(88)59(45(2)3)79-57(84)28-32-95-33-34-96-35-36-97-37-38-98-39-40-100-73/h15-17,20-21,24-27,30,41,45-49,53-56,59-63H,14,18-19,22-23,28-29,31-40,42-44,73H2,1-13H3,(H,76,87)(H,77,88)(H,78,86)(H,79,84)(H,80,89)(H3,72,75,91)/t48-,49+,53-,54-,55-,56+,59-,60-,61-,62?,63+/m0/s1. The quantitative estimate of drug-likeness (QED) is 0.0264. The number of likely N-dealkylation sites (tertiary alicyclic amines) is 1. The van der Waals surface area contributed by atoms with Crippen LogP contribution in [-0.4, -0.2) is 222 Å². The van der Waals surface area contributed by atoms with Crippen molar-refractivity contribution in [2.24, 2.45) is 41.2 Å². The Morgan fingerprint density at radius 2 is 1.32 bits per heavy atom. The number of rotatable bonds is 48. The summed E-state index contributed by atoms with van der Waals surface area (Å²) in [6, 6.07) is 9.90. The zero-order valence-electron chi connectivity index (χ0n) is 61.4. The lowest BCUT2D eigenvalue weighted by molar-refractivity contribution is -0.148. The molecule has 1 aromatic heterocycles. The van der Waals surface area contributed by atoms with Crippen molar-refractivity contribution in [2.45, 2.75) is 175 Å². The number of nitrogens with two attached hydrogens (primary N) is 2. The van der Waals surface area contributed by atoms with Gasteiger partial charge in [0, 0.05) is 65.1 Å². The molecule has 4 rings (SSSR count). The summed E-state index contributed by atoms with van der Waals surface area (Å²) >= 11 is 1.47. The van der Waals surface area contributed by atoms with Crippen LogP contribution in [0.1, 0.15) is 129 Å². The number of primary amides is 1. The number of nitrogens with zero attached hydrogens (tertiary/aromatic N) is 4. The molecule has 101 heavy (non-hydrogen) atoms. The predicted octanol–water partition coefficient (Wildman–Crippen LogP) is 5.26. The lowest BCUT2D eigenvalue weighted by atomic mass is 9.89. The van der Waals surface area contributed by atoms with Crippen molar-refractivity contribution in [1.82, 2.24) is 46.3 Å². The van der Waals surface area contributed by atoms with E-state index in [1.165, 1.54) is 30.4 Å². The number of nitrogens with one attached hydrogen (secondary N) is 6. The number of hydrogen-bond donors (Lipinski definition) is 8. The fourth-order valence-electron chi connectivity index (χ4n) is 12.1. The van der Waals surface area contributed by atoms with Gasteiger partial charge in [-0.05, 0) is 79.0 Å². The molecule has 0 bridgehead atoms. The molecule has 0 saturated carbocycles. The van der Waals surface area contributed by atoms with Gasteiger partial charge in [-0.15, -0.1) is 11.3 Å². The van der Waals surface area contributed by atoms with Gasteiger partial charge >= 0.3 is 12.1 Å². The zero-order chi connectivity index (χ0) is 74.6. The average molecular weight is 1440 g/mol. The molecule has 566 valence electrons. The minimum absolute atomic E-state index is 0.0395. The van der Waals surface area contributed by atoms with Crippen molar-refractivity contribution in [1.29, 1.82) is 0 Å². The van der Waals surface area contributed by atoms with Crippen LogP contribution < -0.4 is 43.5 Å². The molecule has 1 unspecified atom stereocenters. The SMILES string of the molecule is CC[C@H](C)C([C@@H](CC(=O)N1CCC[C@H]1[C@H](OC)[C@@H](C)C(=O)N[C@@H](Cc1ccccc1)c1nccs1)OC)N(C)C(=O)[C@@H](NC(=O)[C@H](C(C)C)N(C)C(=O)OCc1ccc(NC(=O)[C@H](CCCNC(N)=O)NC(=O)[C@@H](NC(=O)CCOCCOCCOCCOCCON)C(C)C)cc1)C(C)C. The van der Waals surface area contributed by atoms with E-state index in [1.54, 1.807) is 82.1 Å². The minimum Gasteiger partial charge on any atom is -0.445 e. The van der Waals surface area contributed by atoms with Crippen molar-refractivity contribution >= 4 is 70.5 Å². The molecule has 2 aromatic carbocycles. The Hall–Kier alpha value is -7.42. The Labute approximate surface area is 599 Å². The second-order valence-electron chi connectivity index (χ2n) is 26.3. The Morgan fingerprint density at radius 1 is 0.693 bits per heavy atom. The van der Waals surface area contributed by atoms with E-state index in [4.69, 9.17) is 44.8 Å². The number of hydrogen-bond acceptors (Lipinski definition) is 20. The molecule has 10 N–H and O–H groups in total. The summed E-state index contributed by atoms with van der Waals surface area (Å²) in [6.07, 6.45) is 2.23.